The van der Waals surface area contributed by atoms with Crippen molar-refractivity contribution in [2.75, 3.05) is 32.9 Å². The highest BCUT2D eigenvalue weighted by Gasteiger charge is 2.37. The number of benzene rings is 1. The van der Waals surface area contributed by atoms with Gasteiger partial charge in [-0.1, -0.05) is 44.2 Å². The van der Waals surface area contributed by atoms with E-state index < -0.39 is 12.1 Å². The number of morpholine rings is 1. The monoisotopic (exact) mass is 431 g/mol. The zero-order chi connectivity index (χ0) is 22.4. The average molecular weight is 432 g/mol. The molecular formula is C23H33N3O5. The van der Waals surface area contributed by atoms with Crippen LogP contribution < -0.4 is 10.6 Å². The topological polar surface area (TPSA) is 97.0 Å². The van der Waals surface area contributed by atoms with Crippen molar-refractivity contribution in [1.29, 1.82) is 0 Å². The standard InChI is InChI=1S/C23H33N3O5/c1-16-20(19(27)15-31-16)25-21(28)18(24-22(29)26-9-11-30-12-10-26)14-23(2,3)13-17-7-5-4-6-8-17/h4-8,16,18,20H,9-15H2,1-3H3,(H,24,29)(H,25,28)/t16-,18-,20-/m0/s1. The summed E-state index contributed by atoms with van der Waals surface area (Å²) in [5.41, 5.74) is 0.905. The molecule has 2 N–H and O–H groups in total. The number of urea groups is 1. The first kappa shape index (κ1) is 23.2. The van der Waals surface area contributed by atoms with Gasteiger partial charge >= 0.3 is 6.03 Å². The molecule has 8 heteroatoms. The summed E-state index contributed by atoms with van der Waals surface area (Å²) in [5.74, 6) is -0.513. The van der Waals surface area contributed by atoms with Crippen molar-refractivity contribution in [2.45, 2.75) is 51.8 Å². The molecular weight excluding hydrogens is 398 g/mol. The third kappa shape index (κ3) is 6.51. The quantitative estimate of drug-likeness (QED) is 0.683. The Kier molecular flexibility index (Phi) is 7.67. The van der Waals surface area contributed by atoms with Crippen LogP contribution in [0.2, 0.25) is 0 Å². The minimum atomic E-state index is -0.769. The summed E-state index contributed by atoms with van der Waals surface area (Å²) in [5, 5.41) is 5.70. The second-order valence-corrected chi connectivity index (χ2v) is 9.10. The maximum absolute atomic E-state index is 13.2. The van der Waals surface area contributed by atoms with E-state index in [4.69, 9.17) is 9.47 Å². The number of Topliss-reactive ketones (excluding diaryl/α,β-unsaturated/α-hetero) is 1. The molecule has 0 spiro atoms. The molecule has 2 fully saturated rings. The lowest BCUT2D eigenvalue weighted by Crippen LogP contribution is -2.57. The Morgan fingerprint density at radius 1 is 1.19 bits per heavy atom. The van der Waals surface area contributed by atoms with E-state index in [1.807, 2.05) is 18.2 Å². The highest BCUT2D eigenvalue weighted by atomic mass is 16.5. The Labute approximate surface area is 183 Å². The van der Waals surface area contributed by atoms with E-state index in [1.165, 1.54) is 5.56 Å². The first-order valence-corrected chi connectivity index (χ1v) is 10.9. The molecule has 1 aromatic rings. The van der Waals surface area contributed by atoms with E-state index in [0.717, 1.165) is 6.42 Å². The van der Waals surface area contributed by atoms with E-state index >= 15 is 0 Å². The molecule has 0 saturated carbocycles. The van der Waals surface area contributed by atoms with Gasteiger partial charge in [0.2, 0.25) is 5.91 Å². The molecule has 1 aromatic carbocycles. The Balaban J connectivity index is 1.71. The van der Waals surface area contributed by atoms with Crippen LogP contribution in [-0.4, -0.2) is 73.7 Å². The highest BCUT2D eigenvalue weighted by molar-refractivity contribution is 5.94. The number of ether oxygens (including phenoxy) is 2. The normalized spacial score (nSPS) is 22.8. The fraction of sp³-hybridized carbons (Fsp3) is 0.609. The van der Waals surface area contributed by atoms with Gasteiger partial charge in [0.05, 0.1) is 19.3 Å². The number of amides is 3. The lowest BCUT2D eigenvalue weighted by molar-refractivity contribution is -0.128. The number of hydrogen-bond acceptors (Lipinski definition) is 5. The Bertz CT molecular complexity index is 777. The van der Waals surface area contributed by atoms with Gasteiger partial charge in [-0.2, -0.15) is 0 Å². The fourth-order valence-corrected chi connectivity index (χ4v) is 4.10. The summed E-state index contributed by atoms with van der Waals surface area (Å²) < 4.78 is 10.7. The molecule has 31 heavy (non-hydrogen) atoms. The van der Waals surface area contributed by atoms with E-state index in [1.54, 1.807) is 11.8 Å². The smallest absolute Gasteiger partial charge is 0.318 e. The molecule has 0 aliphatic carbocycles. The average Bonchev–Trinajstić information content (AvgIpc) is 3.06. The summed E-state index contributed by atoms with van der Waals surface area (Å²) in [7, 11) is 0. The number of nitrogens with zero attached hydrogens (tertiary/aromatic N) is 1. The first-order valence-electron chi connectivity index (χ1n) is 10.9. The summed E-state index contributed by atoms with van der Waals surface area (Å²) in [6, 6.07) is 8.31. The predicted octanol–water partition coefficient (Wildman–Crippen LogP) is 1.53. The molecule has 3 amide bonds. The number of rotatable bonds is 7. The molecule has 0 aromatic heterocycles. The molecule has 0 radical (unpaired) electrons. The van der Waals surface area contributed by atoms with Crippen LogP contribution in [0, 0.1) is 5.41 Å². The number of ketones is 1. The van der Waals surface area contributed by atoms with Crippen LogP contribution in [0.25, 0.3) is 0 Å². The van der Waals surface area contributed by atoms with Crippen molar-refractivity contribution in [3.8, 4) is 0 Å². The second-order valence-electron chi connectivity index (χ2n) is 9.10. The molecule has 2 saturated heterocycles. The molecule has 2 aliphatic heterocycles. The minimum Gasteiger partial charge on any atom is -0.378 e. The summed E-state index contributed by atoms with van der Waals surface area (Å²) >= 11 is 0. The van der Waals surface area contributed by atoms with Crippen LogP contribution >= 0.6 is 0 Å². The lowest BCUT2D eigenvalue weighted by Gasteiger charge is -2.33. The molecule has 8 nitrogen and oxygen atoms in total. The number of carbonyl (C=O) groups is 3. The largest absolute Gasteiger partial charge is 0.378 e. The molecule has 2 aliphatic rings. The Morgan fingerprint density at radius 3 is 2.48 bits per heavy atom. The van der Waals surface area contributed by atoms with E-state index in [2.05, 4.69) is 36.6 Å². The maximum atomic E-state index is 13.2. The van der Waals surface area contributed by atoms with Crippen LogP contribution in [0.3, 0.4) is 0 Å². The molecule has 3 atom stereocenters. The molecule has 3 rings (SSSR count). The zero-order valence-electron chi connectivity index (χ0n) is 18.6. The Hall–Kier alpha value is -2.45. The van der Waals surface area contributed by atoms with Gasteiger partial charge in [0, 0.05) is 13.1 Å². The van der Waals surface area contributed by atoms with Gasteiger partial charge in [-0.25, -0.2) is 4.79 Å². The predicted molar refractivity (Wildman–Crippen MR) is 116 cm³/mol. The van der Waals surface area contributed by atoms with Crippen molar-refractivity contribution in [3.05, 3.63) is 35.9 Å². The lowest BCUT2D eigenvalue weighted by atomic mass is 9.80. The number of hydrogen-bond donors (Lipinski definition) is 2. The van der Waals surface area contributed by atoms with Crippen molar-refractivity contribution in [3.63, 3.8) is 0 Å². The zero-order valence-corrected chi connectivity index (χ0v) is 18.6. The van der Waals surface area contributed by atoms with Crippen LogP contribution in [0.1, 0.15) is 32.8 Å². The molecule has 2 heterocycles. The molecule has 0 unspecified atom stereocenters. The highest BCUT2D eigenvalue weighted by Crippen LogP contribution is 2.28. The van der Waals surface area contributed by atoms with Crippen molar-refractivity contribution < 1.29 is 23.9 Å². The van der Waals surface area contributed by atoms with Gasteiger partial charge in [-0.3, -0.25) is 9.59 Å². The molecule has 0 bridgehead atoms. The number of nitrogens with one attached hydrogen (secondary N) is 2. The van der Waals surface area contributed by atoms with Gasteiger partial charge in [0.15, 0.2) is 5.78 Å². The SMILES string of the molecule is C[C@@H]1OCC(=O)[C@H]1NC(=O)[C@H](CC(C)(C)Cc1ccccc1)NC(=O)N1CCOCC1. The maximum Gasteiger partial charge on any atom is 0.318 e. The second kappa shape index (κ2) is 10.2. The third-order valence-electron chi connectivity index (χ3n) is 5.80. The van der Waals surface area contributed by atoms with E-state index in [9.17, 15) is 14.4 Å². The summed E-state index contributed by atoms with van der Waals surface area (Å²) in [6.07, 6.45) is 0.803. The molecule has 170 valence electrons. The van der Waals surface area contributed by atoms with Crippen molar-refractivity contribution in [1.82, 2.24) is 15.5 Å². The van der Waals surface area contributed by atoms with Gasteiger partial charge < -0.3 is 25.0 Å². The van der Waals surface area contributed by atoms with Crippen LogP contribution in [0.15, 0.2) is 30.3 Å². The fourth-order valence-electron chi connectivity index (χ4n) is 4.10. The third-order valence-corrected chi connectivity index (χ3v) is 5.80. The van der Waals surface area contributed by atoms with Gasteiger partial charge in [0.25, 0.3) is 0 Å². The van der Waals surface area contributed by atoms with Gasteiger partial charge in [-0.15, -0.1) is 0 Å². The van der Waals surface area contributed by atoms with Crippen molar-refractivity contribution >= 4 is 17.7 Å². The van der Waals surface area contributed by atoms with Crippen molar-refractivity contribution in [2.24, 2.45) is 5.41 Å². The minimum absolute atomic E-state index is 0.00355. The first-order chi connectivity index (χ1) is 14.7. The number of carbonyl (C=O) groups excluding carboxylic acids is 3. The van der Waals surface area contributed by atoms with Crippen LogP contribution in [0.5, 0.6) is 0 Å². The van der Waals surface area contributed by atoms with Gasteiger partial charge in [0.1, 0.15) is 18.7 Å². The van der Waals surface area contributed by atoms with Gasteiger partial charge in [-0.05, 0) is 30.7 Å². The van der Waals surface area contributed by atoms with E-state index in [-0.39, 0.29) is 35.8 Å². The Morgan fingerprint density at radius 2 is 1.87 bits per heavy atom. The van der Waals surface area contributed by atoms with E-state index in [0.29, 0.717) is 32.7 Å². The summed E-state index contributed by atoms with van der Waals surface area (Å²) in [4.78, 5) is 39.7. The van der Waals surface area contributed by atoms with Crippen LogP contribution in [0.4, 0.5) is 4.79 Å². The summed E-state index contributed by atoms with van der Waals surface area (Å²) in [6.45, 7) is 7.84. The van der Waals surface area contributed by atoms with Crippen LogP contribution in [-0.2, 0) is 25.5 Å².